The molecule has 0 saturated carbocycles. The quantitative estimate of drug-likeness (QED) is 0.150. The molecule has 9 aromatic rings. The van der Waals surface area contributed by atoms with Crippen molar-refractivity contribution in [2.75, 3.05) is 0 Å². The van der Waals surface area contributed by atoms with E-state index in [1.807, 2.05) is 78.9 Å². The Balaban J connectivity index is 1.27. The molecule has 45 heavy (non-hydrogen) atoms. The van der Waals surface area contributed by atoms with Gasteiger partial charge in [0.25, 0.3) is 0 Å². The highest BCUT2D eigenvalue weighted by Crippen LogP contribution is 2.43. The van der Waals surface area contributed by atoms with Crippen molar-refractivity contribution in [1.82, 2.24) is 9.38 Å². The van der Waals surface area contributed by atoms with Crippen molar-refractivity contribution < 1.29 is 4.57 Å². The van der Waals surface area contributed by atoms with Crippen LogP contribution in [-0.4, -0.2) is 9.38 Å². The van der Waals surface area contributed by atoms with Crippen molar-refractivity contribution in [3.05, 3.63) is 164 Å². The minimum atomic E-state index is -3.04. The molecule has 0 N–H and O–H groups in total. The lowest BCUT2D eigenvalue weighted by molar-refractivity contribution is 0.592. The molecule has 212 valence electrons. The standard InChI is InChI=1S/C41H27N2OP/c44-45(31-12-3-1-4-13-31,32-14-5-2-6-15-32)33-23-19-28(20-24-33)30-22-26-38-36(27-30)40-34-16-8-7-11-29(34)21-25-35(40)41-42-37-17-9-10-18-39(37)43(38)41/h1-27H. The SMILES string of the molecule is O=P(c1ccccc1)(c1ccccc1)c1ccc(-c2ccc3c(c2)c2c4ccccc4ccc2c2nc4ccccc4n32)cc1. The lowest BCUT2D eigenvalue weighted by atomic mass is 9.96. The second kappa shape index (κ2) is 10.0. The number of imidazole rings is 1. The van der Waals surface area contributed by atoms with Crippen LogP contribution in [0.15, 0.2) is 164 Å². The Kier molecular flexibility index (Phi) is 5.78. The van der Waals surface area contributed by atoms with Gasteiger partial charge in [0.05, 0.1) is 16.6 Å². The predicted molar refractivity (Wildman–Crippen MR) is 190 cm³/mol. The lowest BCUT2D eigenvalue weighted by Gasteiger charge is -2.20. The van der Waals surface area contributed by atoms with Gasteiger partial charge in [-0.3, -0.25) is 4.40 Å². The smallest absolute Gasteiger partial charge is 0.171 e. The van der Waals surface area contributed by atoms with Gasteiger partial charge in [-0.15, -0.1) is 0 Å². The summed E-state index contributed by atoms with van der Waals surface area (Å²) >= 11 is 0. The molecule has 7 aromatic carbocycles. The molecule has 4 heteroatoms. The third-order valence-electron chi connectivity index (χ3n) is 9.04. The van der Waals surface area contributed by atoms with Crippen LogP contribution in [0, 0.1) is 0 Å². The second-order valence-electron chi connectivity index (χ2n) is 11.5. The number of nitrogens with zero attached hydrogens (tertiary/aromatic N) is 2. The molecular formula is C41H27N2OP. The van der Waals surface area contributed by atoms with Gasteiger partial charge in [-0.1, -0.05) is 133 Å². The molecule has 2 heterocycles. The Morgan fingerprint density at radius 2 is 1.09 bits per heavy atom. The summed E-state index contributed by atoms with van der Waals surface area (Å²) in [5.41, 5.74) is 6.38. The maximum Gasteiger partial charge on any atom is 0.171 e. The number of hydrogen-bond donors (Lipinski definition) is 0. The van der Waals surface area contributed by atoms with Crippen LogP contribution in [0.4, 0.5) is 0 Å². The van der Waals surface area contributed by atoms with Gasteiger partial charge in [-0.2, -0.15) is 0 Å². The zero-order chi connectivity index (χ0) is 30.0. The Morgan fingerprint density at radius 1 is 0.467 bits per heavy atom. The average Bonchev–Trinajstić information content (AvgIpc) is 3.52. The fourth-order valence-corrected chi connectivity index (χ4v) is 9.54. The molecule has 0 spiro atoms. The fraction of sp³-hybridized carbons (Fsp3) is 0. The molecule has 0 saturated heterocycles. The first-order valence-electron chi connectivity index (χ1n) is 15.2. The summed E-state index contributed by atoms with van der Waals surface area (Å²) in [4.78, 5) is 5.10. The molecule has 9 rings (SSSR count). The molecule has 0 aliphatic carbocycles. The van der Waals surface area contributed by atoms with E-state index in [0.717, 1.165) is 54.6 Å². The van der Waals surface area contributed by atoms with Gasteiger partial charge < -0.3 is 4.57 Å². The van der Waals surface area contributed by atoms with Crippen LogP contribution in [0.2, 0.25) is 0 Å². The van der Waals surface area contributed by atoms with Crippen molar-refractivity contribution in [2.24, 2.45) is 0 Å². The minimum Gasteiger partial charge on any atom is -0.309 e. The van der Waals surface area contributed by atoms with E-state index in [1.54, 1.807) is 0 Å². The van der Waals surface area contributed by atoms with E-state index in [0.29, 0.717) is 0 Å². The third-order valence-corrected chi connectivity index (χ3v) is 12.1. The largest absolute Gasteiger partial charge is 0.309 e. The van der Waals surface area contributed by atoms with Crippen molar-refractivity contribution in [3.8, 4) is 11.1 Å². The molecule has 0 unspecified atom stereocenters. The zero-order valence-corrected chi connectivity index (χ0v) is 25.2. The molecule has 0 aliphatic heterocycles. The number of rotatable bonds is 4. The molecule has 0 amide bonds. The summed E-state index contributed by atoms with van der Waals surface area (Å²) in [5, 5.41) is 8.45. The summed E-state index contributed by atoms with van der Waals surface area (Å²) < 4.78 is 17.2. The van der Waals surface area contributed by atoms with E-state index in [9.17, 15) is 4.57 Å². The maximum atomic E-state index is 14.9. The zero-order valence-electron chi connectivity index (χ0n) is 24.3. The monoisotopic (exact) mass is 594 g/mol. The van der Waals surface area contributed by atoms with Gasteiger partial charge in [0.2, 0.25) is 0 Å². The molecule has 0 atom stereocenters. The Morgan fingerprint density at radius 3 is 1.84 bits per heavy atom. The summed E-state index contributed by atoms with van der Waals surface area (Å²) in [5.74, 6) is 0. The van der Waals surface area contributed by atoms with Crippen LogP contribution in [0.1, 0.15) is 0 Å². The summed E-state index contributed by atoms with van der Waals surface area (Å²) in [6.07, 6.45) is 0. The fourth-order valence-electron chi connectivity index (χ4n) is 6.90. The van der Waals surface area contributed by atoms with E-state index < -0.39 is 7.14 Å². The number of benzene rings is 7. The molecular weight excluding hydrogens is 567 g/mol. The van der Waals surface area contributed by atoms with Crippen molar-refractivity contribution in [1.29, 1.82) is 0 Å². The Hall–Kier alpha value is -5.50. The first-order chi connectivity index (χ1) is 22.2. The summed E-state index contributed by atoms with van der Waals surface area (Å²) in [6, 6.07) is 56.0. The highest BCUT2D eigenvalue weighted by molar-refractivity contribution is 7.85. The van der Waals surface area contributed by atoms with Crippen LogP contribution >= 0.6 is 7.14 Å². The van der Waals surface area contributed by atoms with Crippen LogP contribution in [0.25, 0.3) is 60.3 Å². The molecule has 0 radical (unpaired) electrons. The van der Waals surface area contributed by atoms with E-state index >= 15 is 0 Å². The number of aromatic nitrogens is 2. The molecule has 0 bridgehead atoms. The van der Waals surface area contributed by atoms with Crippen LogP contribution in [0.5, 0.6) is 0 Å². The van der Waals surface area contributed by atoms with Gasteiger partial charge >= 0.3 is 0 Å². The van der Waals surface area contributed by atoms with Gasteiger partial charge in [0.1, 0.15) is 5.65 Å². The molecule has 0 aliphatic rings. The predicted octanol–water partition coefficient (Wildman–Crippen LogP) is 9.25. The first kappa shape index (κ1) is 25.9. The maximum absolute atomic E-state index is 14.9. The lowest BCUT2D eigenvalue weighted by Crippen LogP contribution is -2.24. The van der Waals surface area contributed by atoms with E-state index in [4.69, 9.17) is 4.98 Å². The second-order valence-corrected chi connectivity index (χ2v) is 14.3. The van der Waals surface area contributed by atoms with E-state index in [1.165, 1.54) is 21.5 Å². The van der Waals surface area contributed by atoms with E-state index in [-0.39, 0.29) is 0 Å². The number of para-hydroxylation sites is 2. The van der Waals surface area contributed by atoms with E-state index in [2.05, 4.69) is 89.3 Å². The summed E-state index contributed by atoms with van der Waals surface area (Å²) in [6.45, 7) is 0. The highest BCUT2D eigenvalue weighted by Gasteiger charge is 2.29. The first-order valence-corrected chi connectivity index (χ1v) is 16.9. The molecule has 2 aromatic heterocycles. The van der Waals surface area contributed by atoms with Gasteiger partial charge in [0.15, 0.2) is 7.14 Å². The number of fused-ring (bicyclic) bond motifs is 10. The Labute approximate surface area is 260 Å². The van der Waals surface area contributed by atoms with Gasteiger partial charge in [-0.25, -0.2) is 4.98 Å². The average molecular weight is 595 g/mol. The van der Waals surface area contributed by atoms with Crippen LogP contribution < -0.4 is 15.9 Å². The third kappa shape index (κ3) is 3.91. The summed E-state index contributed by atoms with van der Waals surface area (Å²) in [7, 11) is -3.04. The van der Waals surface area contributed by atoms with Crippen LogP contribution in [-0.2, 0) is 4.57 Å². The van der Waals surface area contributed by atoms with Crippen molar-refractivity contribution >= 4 is 72.2 Å². The van der Waals surface area contributed by atoms with Gasteiger partial charge in [-0.05, 0) is 52.2 Å². The van der Waals surface area contributed by atoms with Crippen molar-refractivity contribution in [3.63, 3.8) is 0 Å². The highest BCUT2D eigenvalue weighted by atomic mass is 31.2. The molecule has 3 nitrogen and oxygen atoms in total. The Bertz CT molecular complexity index is 2560. The minimum absolute atomic E-state index is 0.826. The van der Waals surface area contributed by atoms with Gasteiger partial charge in [0, 0.05) is 32.1 Å². The number of pyridine rings is 1. The normalized spacial score (nSPS) is 12.1. The number of hydrogen-bond acceptors (Lipinski definition) is 2. The van der Waals surface area contributed by atoms with Crippen LogP contribution in [0.3, 0.4) is 0 Å². The van der Waals surface area contributed by atoms with Crippen molar-refractivity contribution in [2.45, 2.75) is 0 Å². The topological polar surface area (TPSA) is 34.4 Å². The molecule has 0 fully saturated rings.